The van der Waals surface area contributed by atoms with Crippen LogP contribution in [0.15, 0.2) is 61.0 Å². The molecule has 0 radical (unpaired) electrons. The van der Waals surface area contributed by atoms with Gasteiger partial charge in [-0.1, -0.05) is 62.3 Å². The number of hydrogen-bond donors (Lipinski definition) is 0. The van der Waals surface area contributed by atoms with Crippen LogP contribution >= 0.6 is 0 Å². The first-order chi connectivity index (χ1) is 14.8. The maximum atomic E-state index is 11.9. The molecule has 0 saturated carbocycles. The van der Waals surface area contributed by atoms with Crippen molar-refractivity contribution in [3.8, 4) is 0 Å². The summed E-state index contributed by atoms with van der Waals surface area (Å²) in [5.41, 5.74) is 1.07. The first-order valence-electron chi connectivity index (χ1n) is 11.8. The second-order valence-corrected chi connectivity index (χ2v) is 7.68. The van der Waals surface area contributed by atoms with E-state index >= 15 is 0 Å². The van der Waals surface area contributed by atoms with Gasteiger partial charge in [-0.25, -0.2) is 0 Å². The topological polar surface area (TPSA) is 39.2 Å². The van der Waals surface area contributed by atoms with Crippen molar-refractivity contribution in [2.45, 2.75) is 90.6 Å². The number of allylic oxidation sites excluding steroid dienone is 6. The summed E-state index contributed by atoms with van der Waals surface area (Å²) in [5.74, 6) is 0.356. The summed E-state index contributed by atoms with van der Waals surface area (Å²) in [5, 5.41) is 0. The molecule has 0 aliphatic heterocycles. The van der Waals surface area contributed by atoms with Crippen molar-refractivity contribution in [3.05, 3.63) is 66.5 Å². The van der Waals surface area contributed by atoms with Crippen LogP contribution in [0.25, 0.3) is 0 Å². The zero-order valence-corrected chi connectivity index (χ0v) is 18.9. The zero-order chi connectivity index (χ0) is 21.5. The maximum Gasteiger partial charge on any atom is 0.132 e. The molecular formula is C27H41NO2. The van der Waals surface area contributed by atoms with Gasteiger partial charge in [0.15, 0.2) is 0 Å². The first-order valence-corrected chi connectivity index (χ1v) is 11.8. The van der Waals surface area contributed by atoms with Crippen LogP contribution in [-0.2, 0) is 16.1 Å². The minimum absolute atomic E-state index is 0.356. The Balaban J connectivity index is 1.87. The number of ketones is 1. The van der Waals surface area contributed by atoms with E-state index in [1.165, 1.54) is 25.7 Å². The molecule has 0 aliphatic rings. The van der Waals surface area contributed by atoms with Gasteiger partial charge in [0.25, 0.3) is 0 Å². The third kappa shape index (κ3) is 16.9. The number of carbonyl (C=O) groups excluding carboxylic acids is 1. The molecule has 0 spiro atoms. The fourth-order valence-electron chi connectivity index (χ4n) is 3.04. The predicted molar refractivity (Wildman–Crippen MR) is 127 cm³/mol. The number of pyridine rings is 1. The van der Waals surface area contributed by atoms with E-state index < -0.39 is 0 Å². The Morgan fingerprint density at radius 3 is 2.23 bits per heavy atom. The Kier molecular flexibility index (Phi) is 17.6. The predicted octanol–water partition coefficient (Wildman–Crippen LogP) is 7.54. The molecule has 30 heavy (non-hydrogen) atoms. The summed E-state index contributed by atoms with van der Waals surface area (Å²) >= 11 is 0. The smallest absolute Gasteiger partial charge is 0.132 e. The second-order valence-electron chi connectivity index (χ2n) is 7.68. The summed E-state index contributed by atoms with van der Waals surface area (Å²) in [7, 11) is 0. The number of Topliss-reactive ketones (excluding diaryl/α,β-unsaturated/α-hetero) is 1. The van der Waals surface area contributed by atoms with Crippen LogP contribution in [0.3, 0.4) is 0 Å². The van der Waals surface area contributed by atoms with Crippen molar-refractivity contribution in [2.75, 3.05) is 6.61 Å². The normalized spacial score (nSPS) is 11.9. The Hall–Kier alpha value is -2.00. The largest absolute Gasteiger partial charge is 0.377 e. The molecular weight excluding hydrogens is 370 g/mol. The van der Waals surface area contributed by atoms with E-state index in [0.29, 0.717) is 31.8 Å². The molecule has 1 rings (SSSR count). The van der Waals surface area contributed by atoms with E-state index in [9.17, 15) is 4.79 Å². The standard InChI is InChI=1S/C27H41NO2/c1-2-3-4-5-6-7-8-9-10-11-12-13-14-15-16-20-27(29)21-18-23-30-25-26-19-17-22-28-24-26/h6-7,9-10,12-13,17,19,22,24H,2-5,8,11,14-16,18,20-21,23,25H2,1H3/b7-6-,10-9-,13-12-. The lowest BCUT2D eigenvalue weighted by molar-refractivity contribution is -0.119. The van der Waals surface area contributed by atoms with Gasteiger partial charge in [-0.15, -0.1) is 0 Å². The van der Waals surface area contributed by atoms with Crippen molar-refractivity contribution >= 4 is 5.78 Å². The summed E-state index contributed by atoms with van der Waals surface area (Å²) < 4.78 is 5.59. The van der Waals surface area contributed by atoms with Gasteiger partial charge < -0.3 is 4.74 Å². The highest BCUT2D eigenvalue weighted by atomic mass is 16.5. The van der Waals surface area contributed by atoms with Gasteiger partial charge in [-0.3, -0.25) is 9.78 Å². The van der Waals surface area contributed by atoms with Crippen LogP contribution in [-0.4, -0.2) is 17.4 Å². The molecule has 0 aliphatic carbocycles. The number of hydrogen-bond acceptors (Lipinski definition) is 3. The molecule has 3 heteroatoms. The molecule has 0 saturated heterocycles. The highest BCUT2D eigenvalue weighted by Crippen LogP contribution is 2.06. The van der Waals surface area contributed by atoms with Crippen molar-refractivity contribution in [1.29, 1.82) is 0 Å². The molecule has 0 unspecified atom stereocenters. The monoisotopic (exact) mass is 411 g/mol. The third-order valence-corrected chi connectivity index (χ3v) is 4.83. The lowest BCUT2D eigenvalue weighted by Crippen LogP contribution is -2.02. The molecule has 0 N–H and O–H groups in total. The van der Waals surface area contributed by atoms with Crippen LogP contribution in [0.1, 0.15) is 89.5 Å². The fraction of sp³-hybridized carbons (Fsp3) is 0.556. The van der Waals surface area contributed by atoms with Crippen LogP contribution in [0.2, 0.25) is 0 Å². The Bertz CT molecular complexity index is 605. The molecule has 1 aromatic rings. The van der Waals surface area contributed by atoms with Crippen molar-refractivity contribution in [2.24, 2.45) is 0 Å². The van der Waals surface area contributed by atoms with Gasteiger partial charge in [0.05, 0.1) is 6.61 Å². The molecule has 0 atom stereocenters. The average molecular weight is 412 g/mol. The molecule has 0 aromatic carbocycles. The van der Waals surface area contributed by atoms with E-state index in [2.05, 4.69) is 48.4 Å². The van der Waals surface area contributed by atoms with Crippen LogP contribution in [0.4, 0.5) is 0 Å². The van der Waals surface area contributed by atoms with Gasteiger partial charge in [0.2, 0.25) is 0 Å². The van der Waals surface area contributed by atoms with E-state index in [-0.39, 0.29) is 0 Å². The lowest BCUT2D eigenvalue weighted by Gasteiger charge is -2.04. The molecule has 3 nitrogen and oxygen atoms in total. The van der Waals surface area contributed by atoms with Gasteiger partial charge in [0.1, 0.15) is 5.78 Å². The molecule has 0 amide bonds. The minimum atomic E-state index is 0.356. The summed E-state index contributed by atoms with van der Waals surface area (Å²) in [6, 6.07) is 3.90. The number of ether oxygens (including phenoxy) is 1. The van der Waals surface area contributed by atoms with Gasteiger partial charge in [-0.05, 0) is 63.0 Å². The number of carbonyl (C=O) groups is 1. The molecule has 1 aromatic heterocycles. The highest BCUT2D eigenvalue weighted by molar-refractivity contribution is 5.78. The third-order valence-electron chi connectivity index (χ3n) is 4.83. The average Bonchev–Trinajstić information content (AvgIpc) is 2.77. The Morgan fingerprint density at radius 1 is 0.900 bits per heavy atom. The van der Waals surface area contributed by atoms with Gasteiger partial charge in [0, 0.05) is 31.8 Å². The summed E-state index contributed by atoms with van der Waals surface area (Å²) in [6.07, 6.45) is 29.5. The van der Waals surface area contributed by atoms with Crippen LogP contribution < -0.4 is 0 Å². The number of nitrogens with zero attached hydrogens (tertiary/aromatic N) is 1. The SMILES string of the molecule is CCCCC/C=C\C/C=C\C/C=C\CCCCC(=O)CCCOCc1cccnc1. The lowest BCUT2D eigenvalue weighted by atomic mass is 10.1. The molecule has 0 fully saturated rings. The molecule has 0 bridgehead atoms. The van der Waals surface area contributed by atoms with Crippen LogP contribution in [0.5, 0.6) is 0 Å². The van der Waals surface area contributed by atoms with Gasteiger partial charge in [-0.2, -0.15) is 0 Å². The van der Waals surface area contributed by atoms with Crippen molar-refractivity contribution in [1.82, 2.24) is 4.98 Å². The highest BCUT2D eigenvalue weighted by Gasteiger charge is 2.01. The Labute approximate surface area is 184 Å². The van der Waals surface area contributed by atoms with Gasteiger partial charge >= 0.3 is 0 Å². The van der Waals surface area contributed by atoms with Crippen LogP contribution in [0, 0.1) is 0 Å². The van der Waals surface area contributed by atoms with E-state index in [1.807, 2.05) is 18.3 Å². The Morgan fingerprint density at radius 2 is 1.57 bits per heavy atom. The summed E-state index contributed by atoms with van der Waals surface area (Å²) in [6.45, 7) is 3.44. The van der Waals surface area contributed by atoms with E-state index in [1.54, 1.807) is 6.20 Å². The zero-order valence-electron chi connectivity index (χ0n) is 18.9. The summed E-state index contributed by atoms with van der Waals surface area (Å²) in [4.78, 5) is 16.0. The van der Waals surface area contributed by atoms with E-state index in [0.717, 1.165) is 44.1 Å². The van der Waals surface area contributed by atoms with Crippen molar-refractivity contribution in [3.63, 3.8) is 0 Å². The molecule has 166 valence electrons. The minimum Gasteiger partial charge on any atom is -0.377 e. The quantitative estimate of drug-likeness (QED) is 0.174. The number of rotatable bonds is 19. The maximum absolute atomic E-state index is 11.9. The van der Waals surface area contributed by atoms with Crippen molar-refractivity contribution < 1.29 is 9.53 Å². The number of aromatic nitrogens is 1. The first kappa shape index (κ1) is 26.0. The van der Waals surface area contributed by atoms with E-state index in [4.69, 9.17) is 4.74 Å². The second kappa shape index (κ2) is 20.3. The number of unbranched alkanes of at least 4 members (excludes halogenated alkanes) is 5. The molecule has 1 heterocycles. The fourth-order valence-corrected chi connectivity index (χ4v) is 3.04.